The van der Waals surface area contributed by atoms with Crippen LogP contribution in [0.15, 0.2) is 77.3 Å². The molecule has 3 aromatic carbocycles. The normalized spacial score (nSPS) is 10.6. The van der Waals surface area contributed by atoms with Crippen LogP contribution in [-0.4, -0.2) is 27.8 Å². The molecule has 0 saturated heterocycles. The fourth-order valence-electron chi connectivity index (χ4n) is 2.82. The van der Waals surface area contributed by atoms with Gasteiger partial charge in [-0.2, -0.15) is 0 Å². The van der Waals surface area contributed by atoms with Gasteiger partial charge in [0.25, 0.3) is 5.91 Å². The van der Waals surface area contributed by atoms with Gasteiger partial charge in [0.05, 0.1) is 12.8 Å². The van der Waals surface area contributed by atoms with E-state index in [1.165, 1.54) is 0 Å². The minimum absolute atomic E-state index is 0.0543. The van der Waals surface area contributed by atoms with Crippen molar-refractivity contribution in [1.29, 1.82) is 0 Å². The molecule has 0 aliphatic rings. The smallest absolute Gasteiger partial charge is 0.295 e. The van der Waals surface area contributed by atoms with Crippen LogP contribution in [0, 0.1) is 0 Å². The molecule has 0 radical (unpaired) electrons. The van der Waals surface area contributed by atoms with Crippen molar-refractivity contribution in [3.8, 4) is 22.8 Å². The highest BCUT2D eigenvalue weighted by Crippen LogP contribution is 2.24. The maximum atomic E-state index is 12.8. The van der Waals surface area contributed by atoms with Crippen LogP contribution < -0.4 is 10.1 Å². The molecule has 1 aromatic heterocycles. The van der Waals surface area contributed by atoms with Crippen molar-refractivity contribution < 1.29 is 9.53 Å². The monoisotopic (exact) mass is 482 g/mol. The molecule has 150 valence electrons. The summed E-state index contributed by atoms with van der Waals surface area (Å²) in [4.78, 5) is 17.3. The third-order valence-electron chi connectivity index (χ3n) is 4.33. The first-order valence-electron chi connectivity index (χ1n) is 8.98. The van der Waals surface area contributed by atoms with E-state index in [1.54, 1.807) is 36.1 Å². The van der Waals surface area contributed by atoms with Crippen LogP contribution in [0.2, 0.25) is 5.02 Å². The number of hydrogen-bond donors (Lipinski definition) is 1. The van der Waals surface area contributed by atoms with Crippen molar-refractivity contribution in [1.82, 2.24) is 14.8 Å². The van der Waals surface area contributed by atoms with Crippen molar-refractivity contribution in [2.75, 3.05) is 12.4 Å². The van der Waals surface area contributed by atoms with Crippen LogP contribution in [0.4, 0.5) is 5.69 Å². The summed E-state index contributed by atoms with van der Waals surface area (Å²) in [5.74, 6) is 0.899. The molecule has 0 spiro atoms. The molecule has 0 unspecified atom stereocenters. The van der Waals surface area contributed by atoms with Gasteiger partial charge in [-0.15, -0.1) is 5.10 Å². The highest BCUT2D eigenvalue weighted by Gasteiger charge is 2.19. The van der Waals surface area contributed by atoms with E-state index in [-0.39, 0.29) is 5.82 Å². The fourth-order valence-corrected chi connectivity index (χ4v) is 3.21. The highest BCUT2D eigenvalue weighted by atomic mass is 79.9. The molecule has 0 saturated carbocycles. The van der Waals surface area contributed by atoms with Crippen molar-refractivity contribution in [2.24, 2.45) is 0 Å². The van der Waals surface area contributed by atoms with Gasteiger partial charge in [-0.1, -0.05) is 27.5 Å². The Morgan fingerprint density at radius 1 is 1.00 bits per heavy atom. The zero-order valence-electron chi connectivity index (χ0n) is 15.8. The molecular formula is C22H16BrClN4O2. The van der Waals surface area contributed by atoms with E-state index in [0.717, 1.165) is 21.5 Å². The lowest BCUT2D eigenvalue weighted by atomic mass is 10.2. The number of carbonyl (C=O) groups is 1. The number of nitrogens with one attached hydrogen (secondary N) is 1. The summed E-state index contributed by atoms with van der Waals surface area (Å²) in [5.41, 5.74) is 2.18. The molecule has 8 heteroatoms. The van der Waals surface area contributed by atoms with Crippen LogP contribution in [-0.2, 0) is 0 Å². The Bertz CT molecular complexity index is 1170. The van der Waals surface area contributed by atoms with Gasteiger partial charge in [0, 0.05) is 20.7 Å². The maximum absolute atomic E-state index is 12.8. The van der Waals surface area contributed by atoms with E-state index in [1.807, 2.05) is 48.5 Å². The lowest BCUT2D eigenvalue weighted by molar-refractivity contribution is 0.101. The standard InChI is InChI=1S/C22H16BrClN4O2/c1-30-19-12-10-18(11-13-19)28-21(14-2-6-16(24)7-3-14)26-20(27-28)22(29)25-17-8-4-15(23)5-9-17/h2-13H,1H3,(H,25,29). The second-order valence-corrected chi connectivity index (χ2v) is 7.69. The van der Waals surface area contributed by atoms with Gasteiger partial charge in [-0.05, 0) is 72.8 Å². The van der Waals surface area contributed by atoms with E-state index in [2.05, 4.69) is 31.3 Å². The molecule has 1 amide bonds. The van der Waals surface area contributed by atoms with Crippen LogP contribution in [0.1, 0.15) is 10.6 Å². The first-order chi connectivity index (χ1) is 14.5. The summed E-state index contributed by atoms with van der Waals surface area (Å²) in [7, 11) is 1.61. The van der Waals surface area contributed by atoms with Crippen LogP contribution >= 0.6 is 27.5 Å². The Balaban J connectivity index is 1.73. The Morgan fingerprint density at radius 3 is 2.30 bits per heavy atom. The number of rotatable bonds is 5. The topological polar surface area (TPSA) is 69.0 Å². The van der Waals surface area contributed by atoms with Crippen LogP contribution in [0.25, 0.3) is 17.1 Å². The highest BCUT2D eigenvalue weighted by molar-refractivity contribution is 9.10. The quantitative estimate of drug-likeness (QED) is 0.400. The molecule has 0 aliphatic carbocycles. The average molecular weight is 484 g/mol. The molecule has 0 aliphatic heterocycles. The van der Waals surface area contributed by atoms with Gasteiger partial charge < -0.3 is 10.1 Å². The second-order valence-electron chi connectivity index (χ2n) is 6.34. The average Bonchev–Trinajstić information content (AvgIpc) is 3.21. The number of methoxy groups -OCH3 is 1. The zero-order chi connectivity index (χ0) is 21.1. The van der Waals surface area contributed by atoms with Gasteiger partial charge in [-0.25, -0.2) is 9.67 Å². The van der Waals surface area contributed by atoms with Crippen molar-refractivity contribution in [3.63, 3.8) is 0 Å². The molecule has 0 atom stereocenters. The number of benzene rings is 3. The summed E-state index contributed by atoms with van der Waals surface area (Å²) < 4.78 is 7.77. The van der Waals surface area contributed by atoms with Gasteiger partial charge >= 0.3 is 0 Å². The lowest BCUT2D eigenvalue weighted by Crippen LogP contribution is -2.14. The molecule has 30 heavy (non-hydrogen) atoms. The predicted octanol–water partition coefficient (Wildman–Crippen LogP) is 5.61. The lowest BCUT2D eigenvalue weighted by Gasteiger charge is -2.07. The number of anilines is 1. The molecule has 0 bridgehead atoms. The molecule has 1 heterocycles. The van der Waals surface area contributed by atoms with Gasteiger partial charge in [-0.3, -0.25) is 4.79 Å². The number of halogens is 2. The summed E-state index contributed by atoms with van der Waals surface area (Å²) in [6.45, 7) is 0. The van der Waals surface area contributed by atoms with Crippen LogP contribution in [0.5, 0.6) is 5.75 Å². The molecule has 0 fully saturated rings. The minimum atomic E-state index is -0.403. The molecule has 6 nitrogen and oxygen atoms in total. The van der Waals surface area contributed by atoms with Crippen LogP contribution in [0.3, 0.4) is 0 Å². The van der Waals surface area contributed by atoms with Gasteiger partial charge in [0.15, 0.2) is 5.82 Å². The molecule has 4 aromatic rings. The summed E-state index contributed by atoms with van der Waals surface area (Å²) in [5, 5.41) is 7.89. The first kappa shape index (κ1) is 20.1. The van der Waals surface area contributed by atoms with E-state index in [0.29, 0.717) is 16.5 Å². The zero-order valence-corrected chi connectivity index (χ0v) is 18.2. The Kier molecular flexibility index (Phi) is 5.83. The summed E-state index contributed by atoms with van der Waals surface area (Å²) in [6.07, 6.45) is 0. The minimum Gasteiger partial charge on any atom is -0.497 e. The predicted molar refractivity (Wildman–Crippen MR) is 120 cm³/mol. The number of amides is 1. The van der Waals surface area contributed by atoms with Crippen molar-refractivity contribution in [2.45, 2.75) is 0 Å². The van der Waals surface area contributed by atoms with Gasteiger partial charge in [0.1, 0.15) is 5.75 Å². The third kappa shape index (κ3) is 4.37. The van der Waals surface area contributed by atoms with E-state index in [9.17, 15) is 4.79 Å². The van der Waals surface area contributed by atoms with Crippen molar-refractivity contribution >= 4 is 39.1 Å². The number of aromatic nitrogens is 3. The number of ether oxygens (including phenoxy) is 1. The maximum Gasteiger partial charge on any atom is 0.295 e. The molecule has 1 N–H and O–H groups in total. The largest absolute Gasteiger partial charge is 0.497 e. The van der Waals surface area contributed by atoms with E-state index < -0.39 is 5.91 Å². The third-order valence-corrected chi connectivity index (χ3v) is 5.11. The summed E-state index contributed by atoms with van der Waals surface area (Å²) in [6, 6.07) is 21.8. The Morgan fingerprint density at radius 2 is 1.67 bits per heavy atom. The van der Waals surface area contributed by atoms with E-state index >= 15 is 0 Å². The number of carbonyl (C=O) groups excluding carboxylic acids is 1. The molecular weight excluding hydrogens is 468 g/mol. The van der Waals surface area contributed by atoms with Gasteiger partial charge in [0.2, 0.25) is 5.82 Å². The summed E-state index contributed by atoms with van der Waals surface area (Å²) >= 11 is 9.40. The van der Waals surface area contributed by atoms with E-state index in [4.69, 9.17) is 16.3 Å². The van der Waals surface area contributed by atoms with Crippen molar-refractivity contribution in [3.05, 3.63) is 88.1 Å². The number of hydrogen-bond acceptors (Lipinski definition) is 4. The Labute approximate surface area is 186 Å². The second kappa shape index (κ2) is 8.69. The SMILES string of the molecule is COc1ccc(-n2nc(C(=O)Nc3ccc(Br)cc3)nc2-c2ccc(Cl)cc2)cc1. The first-order valence-corrected chi connectivity index (χ1v) is 10.1. The fraction of sp³-hybridized carbons (Fsp3) is 0.0455. The Hall–Kier alpha value is -3.16. The molecule has 4 rings (SSSR count). The number of nitrogens with zero attached hydrogens (tertiary/aromatic N) is 3.